The predicted molar refractivity (Wildman–Crippen MR) is 68.2 cm³/mol. The van der Waals surface area contributed by atoms with Crippen LogP contribution in [0, 0.1) is 17.0 Å². The van der Waals surface area contributed by atoms with Crippen LogP contribution in [0.1, 0.15) is 5.56 Å². The van der Waals surface area contributed by atoms with Gasteiger partial charge < -0.3 is 14.8 Å². The molecule has 0 saturated carbocycles. The number of nitro groups is 1. The molecule has 0 aliphatic heterocycles. The molecule has 104 valence electrons. The maximum Gasteiger partial charge on any atom is 0.326 e. The van der Waals surface area contributed by atoms with Gasteiger partial charge in [0, 0.05) is 6.07 Å². The van der Waals surface area contributed by atoms with Crippen molar-refractivity contribution >= 4 is 11.7 Å². The van der Waals surface area contributed by atoms with E-state index in [4.69, 9.17) is 4.74 Å². The van der Waals surface area contributed by atoms with E-state index in [0.29, 0.717) is 0 Å². The molecular weight excluding hydrogens is 252 g/mol. The Labute approximate surface area is 110 Å². The van der Waals surface area contributed by atoms with E-state index in [-0.39, 0.29) is 18.0 Å². The van der Waals surface area contributed by atoms with E-state index in [1.54, 1.807) is 20.0 Å². The zero-order valence-electron chi connectivity index (χ0n) is 11.0. The summed E-state index contributed by atoms with van der Waals surface area (Å²) in [4.78, 5) is 21.7. The van der Waals surface area contributed by atoms with Crippen molar-refractivity contribution in [3.05, 3.63) is 33.9 Å². The minimum atomic E-state index is -0.675. The molecule has 0 aromatic heterocycles. The van der Waals surface area contributed by atoms with Gasteiger partial charge in [-0.2, -0.15) is 0 Å². The van der Waals surface area contributed by atoms with Crippen LogP contribution in [0.5, 0.6) is 5.75 Å². The van der Waals surface area contributed by atoms with E-state index in [0.717, 1.165) is 5.56 Å². The normalized spacial score (nSPS) is 11.7. The molecule has 0 heterocycles. The fourth-order valence-electron chi connectivity index (χ4n) is 1.48. The molecule has 0 bridgehead atoms. The summed E-state index contributed by atoms with van der Waals surface area (Å²) >= 11 is 0. The molecule has 1 atom stereocenters. The van der Waals surface area contributed by atoms with Crippen LogP contribution in [0.2, 0.25) is 0 Å². The van der Waals surface area contributed by atoms with Gasteiger partial charge in [0.25, 0.3) is 0 Å². The molecular formula is C12H16N2O5. The number of ether oxygens (including phenoxy) is 2. The number of esters is 1. The van der Waals surface area contributed by atoms with Gasteiger partial charge in [-0.05, 0) is 25.6 Å². The number of benzene rings is 1. The van der Waals surface area contributed by atoms with Crippen LogP contribution in [0.4, 0.5) is 5.69 Å². The molecule has 0 aliphatic carbocycles. The zero-order chi connectivity index (χ0) is 14.4. The van der Waals surface area contributed by atoms with E-state index < -0.39 is 16.9 Å². The highest BCUT2D eigenvalue weighted by atomic mass is 16.6. The average molecular weight is 268 g/mol. The molecule has 0 radical (unpaired) electrons. The van der Waals surface area contributed by atoms with E-state index in [2.05, 4.69) is 10.1 Å². The summed E-state index contributed by atoms with van der Waals surface area (Å²) in [5.41, 5.74) is 0.636. The number of likely N-dealkylation sites (N-methyl/N-ethyl adjacent to an activating group) is 1. The van der Waals surface area contributed by atoms with Crippen LogP contribution in [0.25, 0.3) is 0 Å². The number of nitro benzene ring substituents is 1. The molecule has 1 unspecified atom stereocenters. The van der Waals surface area contributed by atoms with Crippen molar-refractivity contribution in [2.45, 2.75) is 13.0 Å². The van der Waals surface area contributed by atoms with Crippen LogP contribution in [-0.2, 0) is 9.53 Å². The number of carbonyl (C=O) groups is 1. The third kappa shape index (κ3) is 3.92. The zero-order valence-corrected chi connectivity index (χ0v) is 11.0. The fourth-order valence-corrected chi connectivity index (χ4v) is 1.48. The highest BCUT2D eigenvalue weighted by molar-refractivity contribution is 5.75. The predicted octanol–water partition coefficient (Wildman–Crippen LogP) is 1.04. The van der Waals surface area contributed by atoms with E-state index >= 15 is 0 Å². The molecule has 19 heavy (non-hydrogen) atoms. The van der Waals surface area contributed by atoms with Crippen LogP contribution in [0.15, 0.2) is 18.2 Å². The van der Waals surface area contributed by atoms with E-state index in [1.165, 1.54) is 19.2 Å². The molecule has 0 amide bonds. The first kappa shape index (κ1) is 14.9. The Morgan fingerprint density at radius 2 is 2.21 bits per heavy atom. The lowest BCUT2D eigenvalue weighted by Crippen LogP contribution is -2.40. The first-order valence-corrected chi connectivity index (χ1v) is 5.62. The lowest BCUT2D eigenvalue weighted by Gasteiger charge is -2.14. The number of nitrogens with one attached hydrogen (secondary N) is 1. The maximum absolute atomic E-state index is 11.3. The summed E-state index contributed by atoms with van der Waals surface area (Å²) in [6.45, 7) is 1.70. The molecule has 7 nitrogen and oxygen atoms in total. The molecule has 1 aromatic rings. The summed E-state index contributed by atoms with van der Waals surface area (Å²) < 4.78 is 9.90. The monoisotopic (exact) mass is 268 g/mol. The van der Waals surface area contributed by atoms with Crippen molar-refractivity contribution in [2.75, 3.05) is 20.8 Å². The van der Waals surface area contributed by atoms with Gasteiger partial charge in [-0.15, -0.1) is 0 Å². The molecule has 0 aliphatic rings. The molecule has 1 aromatic carbocycles. The SMILES string of the molecule is CNC(COc1ccc(C)cc1[N+](=O)[O-])C(=O)OC. The first-order valence-electron chi connectivity index (χ1n) is 5.62. The van der Waals surface area contributed by atoms with E-state index in [9.17, 15) is 14.9 Å². The Balaban J connectivity index is 2.82. The van der Waals surface area contributed by atoms with Gasteiger partial charge in [0.1, 0.15) is 12.6 Å². The third-order valence-corrected chi connectivity index (χ3v) is 2.55. The largest absolute Gasteiger partial charge is 0.485 e. The third-order valence-electron chi connectivity index (χ3n) is 2.55. The smallest absolute Gasteiger partial charge is 0.326 e. The Bertz CT molecular complexity index is 475. The minimum Gasteiger partial charge on any atom is -0.485 e. The number of methoxy groups -OCH3 is 1. The molecule has 0 spiro atoms. The van der Waals surface area contributed by atoms with Crippen molar-refractivity contribution < 1.29 is 19.2 Å². The lowest BCUT2D eigenvalue weighted by atomic mass is 10.2. The second-order valence-corrected chi connectivity index (χ2v) is 3.90. The molecule has 7 heteroatoms. The van der Waals surface area contributed by atoms with Gasteiger partial charge in [0.2, 0.25) is 0 Å². The second kappa shape index (κ2) is 6.69. The topological polar surface area (TPSA) is 90.7 Å². The molecule has 1 rings (SSSR count). The number of nitrogens with zero attached hydrogens (tertiary/aromatic N) is 1. The Hall–Kier alpha value is -2.15. The number of carbonyl (C=O) groups excluding carboxylic acids is 1. The van der Waals surface area contributed by atoms with Crippen molar-refractivity contribution in [3.63, 3.8) is 0 Å². The summed E-state index contributed by atoms with van der Waals surface area (Å²) in [7, 11) is 2.84. The van der Waals surface area contributed by atoms with Crippen molar-refractivity contribution in [1.29, 1.82) is 0 Å². The first-order chi connectivity index (χ1) is 8.99. The summed E-state index contributed by atoms with van der Waals surface area (Å²) in [6.07, 6.45) is 0. The highest BCUT2D eigenvalue weighted by Gasteiger charge is 2.21. The van der Waals surface area contributed by atoms with Crippen LogP contribution < -0.4 is 10.1 Å². The van der Waals surface area contributed by atoms with E-state index in [1.807, 2.05) is 0 Å². The number of aryl methyl sites for hydroxylation is 1. The summed E-state index contributed by atoms with van der Waals surface area (Å²) in [5, 5.41) is 13.6. The van der Waals surface area contributed by atoms with Gasteiger partial charge in [-0.1, -0.05) is 6.07 Å². The summed E-state index contributed by atoms with van der Waals surface area (Å²) in [5.74, 6) is -0.364. The van der Waals surface area contributed by atoms with Crippen molar-refractivity contribution in [2.24, 2.45) is 0 Å². The fraction of sp³-hybridized carbons (Fsp3) is 0.417. The Morgan fingerprint density at radius 1 is 1.53 bits per heavy atom. The molecule has 0 saturated heterocycles. The Kier molecular flexibility index (Phi) is 5.25. The second-order valence-electron chi connectivity index (χ2n) is 3.90. The highest BCUT2D eigenvalue weighted by Crippen LogP contribution is 2.27. The number of rotatable bonds is 6. The molecule has 1 N–H and O–H groups in total. The lowest BCUT2D eigenvalue weighted by molar-refractivity contribution is -0.385. The quantitative estimate of drug-likeness (QED) is 0.471. The van der Waals surface area contributed by atoms with Crippen LogP contribution in [0.3, 0.4) is 0 Å². The van der Waals surface area contributed by atoms with Crippen LogP contribution >= 0.6 is 0 Å². The van der Waals surface area contributed by atoms with Crippen molar-refractivity contribution in [3.8, 4) is 5.75 Å². The van der Waals surface area contributed by atoms with Gasteiger partial charge in [-0.25, -0.2) is 0 Å². The number of hydrogen-bond acceptors (Lipinski definition) is 6. The van der Waals surface area contributed by atoms with Gasteiger partial charge in [-0.3, -0.25) is 14.9 Å². The van der Waals surface area contributed by atoms with Gasteiger partial charge >= 0.3 is 11.7 Å². The maximum atomic E-state index is 11.3. The van der Waals surface area contributed by atoms with Crippen LogP contribution in [-0.4, -0.2) is 37.7 Å². The minimum absolute atomic E-state index is 0.0485. The summed E-state index contributed by atoms with van der Waals surface area (Å²) in [6, 6.07) is 3.96. The number of hydrogen-bond donors (Lipinski definition) is 1. The Morgan fingerprint density at radius 3 is 2.74 bits per heavy atom. The molecule has 0 fully saturated rings. The van der Waals surface area contributed by atoms with Crippen molar-refractivity contribution in [1.82, 2.24) is 5.32 Å². The standard InChI is InChI=1S/C12H16N2O5/c1-8-4-5-11(10(6-8)14(16)17)19-7-9(13-2)12(15)18-3/h4-6,9,13H,7H2,1-3H3. The van der Waals surface area contributed by atoms with Gasteiger partial charge in [0.15, 0.2) is 5.75 Å². The van der Waals surface area contributed by atoms with Gasteiger partial charge in [0.05, 0.1) is 12.0 Å². The average Bonchev–Trinajstić information content (AvgIpc) is 2.40.